The maximum atomic E-state index is 12.8. The number of nitrogens with zero attached hydrogens (tertiary/aromatic N) is 1. The number of hydrogen-bond acceptors (Lipinski definition) is 5. The van der Waals surface area contributed by atoms with Gasteiger partial charge in [-0.15, -0.1) is 0 Å². The largest absolute Gasteiger partial charge is 0.465 e. The van der Waals surface area contributed by atoms with E-state index in [2.05, 4.69) is 10.1 Å². The summed E-state index contributed by atoms with van der Waals surface area (Å²) in [5.74, 6) is -0.854. The zero-order valence-corrected chi connectivity index (χ0v) is 17.2. The molecule has 29 heavy (non-hydrogen) atoms. The summed E-state index contributed by atoms with van der Waals surface area (Å²) in [4.78, 5) is 24.3. The fraction of sp³-hybridized carbons (Fsp3) is 0.333. The molecule has 1 saturated heterocycles. The van der Waals surface area contributed by atoms with Crippen LogP contribution in [0.4, 0.5) is 5.69 Å². The van der Waals surface area contributed by atoms with Crippen LogP contribution in [0.1, 0.15) is 28.8 Å². The van der Waals surface area contributed by atoms with Crippen molar-refractivity contribution in [3.05, 3.63) is 59.7 Å². The number of piperidine rings is 1. The molecule has 0 unspecified atom stereocenters. The summed E-state index contributed by atoms with van der Waals surface area (Å²) in [7, 11) is -2.24. The molecule has 1 aliphatic heterocycles. The number of rotatable bonds is 5. The van der Waals surface area contributed by atoms with Crippen LogP contribution in [-0.2, 0) is 19.6 Å². The minimum atomic E-state index is -3.54. The Balaban J connectivity index is 1.58. The summed E-state index contributed by atoms with van der Waals surface area (Å²) in [6, 6.07) is 13.2. The third kappa shape index (κ3) is 4.83. The highest BCUT2D eigenvalue weighted by molar-refractivity contribution is 7.89. The van der Waals surface area contributed by atoms with Gasteiger partial charge in [-0.2, -0.15) is 4.31 Å². The van der Waals surface area contributed by atoms with E-state index in [4.69, 9.17) is 0 Å². The van der Waals surface area contributed by atoms with E-state index < -0.39 is 16.0 Å². The van der Waals surface area contributed by atoms with Crippen molar-refractivity contribution in [3.8, 4) is 0 Å². The van der Waals surface area contributed by atoms with Crippen LogP contribution in [-0.4, -0.2) is 44.8 Å². The van der Waals surface area contributed by atoms with Crippen LogP contribution in [0.3, 0.4) is 0 Å². The van der Waals surface area contributed by atoms with Gasteiger partial charge in [-0.3, -0.25) is 4.79 Å². The molecular formula is C21H24N2O5S. The second kappa shape index (κ2) is 8.75. The van der Waals surface area contributed by atoms with E-state index in [1.54, 1.807) is 48.5 Å². The molecular weight excluding hydrogens is 392 g/mol. The van der Waals surface area contributed by atoms with Crippen molar-refractivity contribution in [1.82, 2.24) is 4.31 Å². The standard InChI is InChI=1S/C21H24N2O5S/c1-15-3-9-19(10-4-15)29(26,27)23-13-11-16(12-14-23)20(24)22-18-7-5-17(6-8-18)21(25)28-2/h3-10,16H,11-14H2,1-2H3,(H,22,24). The number of nitrogens with one attached hydrogen (secondary N) is 1. The Kier molecular flexibility index (Phi) is 6.34. The molecule has 8 heteroatoms. The Morgan fingerprint density at radius 1 is 1.00 bits per heavy atom. The van der Waals surface area contributed by atoms with Crippen molar-refractivity contribution < 1.29 is 22.7 Å². The van der Waals surface area contributed by atoms with Gasteiger partial charge in [-0.05, 0) is 56.2 Å². The van der Waals surface area contributed by atoms with Crippen molar-refractivity contribution >= 4 is 27.6 Å². The van der Waals surface area contributed by atoms with Gasteiger partial charge >= 0.3 is 5.97 Å². The third-order valence-corrected chi connectivity index (χ3v) is 6.97. The Morgan fingerprint density at radius 2 is 1.59 bits per heavy atom. The lowest BCUT2D eigenvalue weighted by molar-refractivity contribution is -0.120. The lowest BCUT2D eigenvalue weighted by atomic mass is 9.97. The average molecular weight is 416 g/mol. The first kappa shape index (κ1) is 21.0. The maximum Gasteiger partial charge on any atom is 0.337 e. The zero-order chi connectivity index (χ0) is 21.0. The first-order valence-electron chi connectivity index (χ1n) is 9.37. The fourth-order valence-corrected chi connectivity index (χ4v) is 4.74. The van der Waals surface area contributed by atoms with Gasteiger partial charge in [0.05, 0.1) is 17.6 Å². The molecule has 0 radical (unpaired) electrons. The average Bonchev–Trinajstić information content (AvgIpc) is 2.74. The Hall–Kier alpha value is -2.71. The number of anilines is 1. The number of carbonyl (C=O) groups is 2. The second-order valence-electron chi connectivity index (χ2n) is 7.05. The normalized spacial score (nSPS) is 15.7. The van der Waals surface area contributed by atoms with Crippen LogP contribution in [0.5, 0.6) is 0 Å². The number of hydrogen-bond donors (Lipinski definition) is 1. The number of methoxy groups -OCH3 is 1. The van der Waals surface area contributed by atoms with E-state index in [1.807, 2.05) is 6.92 Å². The number of carbonyl (C=O) groups excluding carboxylic acids is 2. The number of amides is 1. The van der Waals surface area contributed by atoms with Crippen LogP contribution in [0, 0.1) is 12.8 Å². The van der Waals surface area contributed by atoms with Gasteiger partial charge in [-0.25, -0.2) is 13.2 Å². The van der Waals surface area contributed by atoms with Gasteiger partial charge in [0.2, 0.25) is 15.9 Å². The van der Waals surface area contributed by atoms with E-state index in [0.29, 0.717) is 37.2 Å². The lowest BCUT2D eigenvalue weighted by Gasteiger charge is -2.30. The van der Waals surface area contributed by atoms with Crippen molar-refractivity contribution in [3.63, 3.8) is 0 Å². The van der Waals surface area contributed by atoms with E-state index in [9.17, 15) is 18.0 Å². The van der Waals surface area contributed by atoms with Crippen LogP contribution in [0.25, 0.3) is 0 Å². The molecule has 7 nitrogen and oxygen atoms in total. The summed E-state index contributed by atoms with van der Waals surface area (Å²) >= 11 is 0. The van der Waals surface area contributed by atoms with Crippen LogP contribution >= 0.6 is 0 Å². The van der Waals surface area contributed by atoms with E-state index in [-0.39, 0.29) is 16.7 Å². The summed E-state index contributed by atoms with van der Waals surface area (Å²) in [6.07, 6.45) is 0.911. The minimum Gasteiger partial charge on any atom is -0.465 e. The topological polar surface area (TPSA) is 92.8 Å². The van der Waals surface area contributed by atoms with E-state index in [0.717, 1.165) is 5.56 Å². The van der Waals surface area contributed by atoms with Crippen LogP contribution < -0.4 is 5.32 Å². The molecule has 0 aromatic heterocycles. The molecule has 1 heterocycles. The summed E-state index contributed by atoms with van der Waals surface area (Å²) in [5, 5.41) is 2.83. The minimum absolute atomic E-state index is 0.150. The fourth-order valence-electron chi connectivity index (χ4n) is 3.27. The molecule has 1 aliphatic rings. The summed E-state index contributed by atoms with van der Waals surface area (Å²) in [6.45, 7) is 2.51. The number of ether oxygens (including phenoxy) is 1. The highest BCUT2D eigenvalue weighted by atomic mass is 32.2. The van der Waals surface area contributed by atoms with Gasteiger partial charge in [0, 0.05) is 24.7 Å². The Morgan fingerprint density at radius 3 is 2.14 bits per heavy atom. The predicted octanol–water partition coefficient (Wildman–Crippen LogP) is 2.82. The molecule has 1 N–H and O–H groups in total. The van der Waals surface area contributed by atoms with Crippen LogP contribution in [0.15, 0.2) is 53.4 Å². The number of aryl methyl sites for hydroxylation is 1. The monoisotopic (exact) mass is 416 g/mol. The van der Waals surface area contributed by atoms with Gasteiger partial charge < -0.3 is 10.1 Å². The van der Waals surface area contributed by atoms with E-state index >= 15 is 0 Å². The molecule has 1 fully saturated rings. The SMILES string of the molecule is COC(=O)c1ccc(NC(=O)C2CCN(S(=O)(=O)c3ccc(C)cc3)CC2)cc1. The van der Waals surface area contributed by atoms with Crippen molar-refractivity contribution in [2.45, 2.75) is 24.7 Å². The summed E-state index contributed by atoms with van der Waals surface area (Å²) < 4.78 is 31.6. The molecule has 0 saturated carbocycles. The summed E-state index contributed by atoms with van der Waals surface area (Å²) in [5.41, 5.74) is 1.98. The van der Waals surface area contributed by atoms with Crippen molar-refractivity contribution in [2.24, 2.45) is 5.92 Å². The Labute approximate surface area is 170 Å². The highest BCUT2D eigenvalue weighted by Gasteiger charge is 2.32. The van der Waals surface area contributed by atoms with Gasteiger partial charge in [0.25, 0.3) is 0 Å². The zero-order valence-electron chi connectivity index (χ0n) is 16.4. The van der Waals surface area contributed by atoms with Crippen LogP contribution in [0.2, 0.25) is 0 Å². The highest BCUT2D eigenvalue weighted by Crippen LogP contribution is 2.25. The van der Waals surface area contributed by atoms with Gasteiger partial charge in [0.15, 0.2) is 0 Å². The molecule has 0 bridgehead atoms. The molecule has 0 spiro atoms. The second-order valence-corrected chi connectivity index (χ2v) is 8.99. The lowest BCUT2D eigenvalue weighted by Crippen LogP contribution is -2.41. The molecule has 3 rings (SSSR count). The number of esters is 1. The molecule has 2 aromatic rings. The molecule has 2 aromatic carbocycles. The molecule has 1 amide bonds. The van der Waals surface area contributed by atoms with Gasteiger partial charge in [-0.1, -0.05) is 17.7 Å². The van der Waals surface area contributed by atoms with Crippen molar-refractivity contribution in [1.29, 1.82) is 0 Å². The number of sulfonamides is 1. The first-order chi connectivity index (χ1) is 13.8. The predicted molar refractivity (Wildman–Crippen MR) is 109 cm³/mol. The molecule has 0 atom stereocenters. The van der Waals surface area contributed by atoms with E-state index in [1.165, 1.54) is 11.4 Å². The maximum absolute atomic E-state index is 12.8. The first-order valence-corrected chi connectivity index (χ1v) is 10.8. The molecule has 154 valence electrons. The quantitative estimate of drug-likeness (QED) is 0.757. The third-order valence-electron chi connectivity index (χ3n) is 5.06. The number of benzene rings is 2. The smallest absolute Gasteiger partial charge is 0.337 e. The Bertz CT molecular complexity index is 977. The molecule has 0 aliphatic carbocycles. The van der Waals surface area contributed by atoms with Gasteiger partial charge in [0.1, 0.15) is 0 Å². The van der Waals surface area contributed by atoms with Crippen molar-refractivity contribution in [2.75, 3.05) is 25.5 Å².